The van der Waals surface area contributed by atoms with Crippen molar-refractivity contribution in [2.45, 2.75) is 12.7 Å². The first-order chi connectivity index (χ1) is 15.4. The number of non-ortho nitro benzene ring substituents is 1. The molecule has 0 saturated carbocycles. The summed E-state index contributed by atoms with van der Waals surface area (Å²) >= 11 is 5.88. The maximum Gasteiger partial charge on any atom is 0.269 e. The monoisotopic (exact) mass is 456 g/mol. The van der Waals surface area contributed by atoms with E-state index in [4.69, 9.17) is 21.1 Å². The van der Waals surface area contributed by atoms with Crippen LogP contribution in [0.1, 0.15) is 27.6 Å². The van der Waals surface area contributed by atoms with Crippen molar-refractivity contribution in [1.82, 2.24) is 5.32 Å². The standard InChI is InChI=1S/C23H21ClN2O6/c1-31-22-12-17(6-11-21(22)32-14-15-2-7-18(24)8-3-15)23(28)25-13-20(27)16-4-9-19(10-5-16)26(29)30/h2-12,20,27H,13-14H2,1H3,(H,25,28). The SMILES string of the molecule is COc1cc(C(=O)NCC(O)c2ccc([N+](=O)[O-])cc2)ccc1OCc1ccc(Cl)cc1. The first kappa shape index (κ1) is 23.1. The van der Waals surface area contributed by atoms with Gasteiger partial charge in [-0.05, 0) is 53.6 Å². The van der Waals surface area contributed by atoms with Crippen molar-refractivity contribution in [3.05, 3.63) is 98.6 Å². The minimum absolute atomic E-state index is 0.0617. The zero-order valence-corrected chi connectivity index (χ0v) is 17.9. The topological polar surface area (TPSA) is 111 Å². The molecule has 0 fully saturated rings. The second-order valence-corrected chi connectivity index (χ2v) is 7.29. The normalized spacial score (nSPS) is 11.5. The van der Waals surface area contributed by atoms with Crippen LogP contribution >= 0.6 is 11.6 Å². The van der Waals surface area contributed by atoms with E-state index in [0.717, 1.165) is 5.56 Å². The fraction of sp³-hybridized carbons (Fsp3) is 0.174. The summed E-state index contributed by atoms with van der Waals surface area (Å²) in [5.41, 5.74) is 1.64. The van der Waals surface area contributed by atoms with Crippen LogP contribution in [0.25, 0.3) is 0 Å². The van der Waals surface area contributed by atoms with Crippen LogP contribution < -0.4 is 14.8 Å². The van der Waals surface area contributed by atoms with Gasteiger partial charge in [0, 0.05) is 29.3 Å². The molecule has 166 valence electrons. The number of benzene rings is 3. The van der Waals surface area contributed by atoms with E-state index in [2.05, 4.69) is 5.32 Å². The van der Waals surface area contributed by atoms with Crippen molar-refractivity contribution in [3.63, 3.8) is 0 Å². The predicted molar refractivity (Wildman–Crippen MR) is 119 cm³/mol. The van der Waals surface area contributed by atoms with Crippen molar-refractivity contribution in [2.24, 2.45) is 0 Å². The average molecular weight is 457 g/mol. The number of rotatable bonds is 9. The number of carbonyl (C=O) groups is 1. The van der Waals surface area contributed by atoms with Crippen LogP contribution in [0.5, 0.6) is 11.5 Å². The number of nitrogens with zero attached hydrogens (tertiary/aromatic N) is 1. The quantitative estimate of drug-likeness (QED) is 0.367. The second kappa shape index (κ2) is 10.6. The lowest BCUT2D eigenvalue weighted by molar-refractivity contribution is -0.384. The second-order valence-electron chi connectivity index (χ2n) is 6.86. The largest absolute Gasteiger partial charge is 0.493 e. The Hall–Kier alpha value is -3.62. The molecule has 0 radical (unpaired) electrons. The van der Waals surface area contributed by atoms with E-state index in [0.29, 0.717) is 34.3 Å². The van der Waals surface area contributed by atoms with Crippen LogP contribution in [0.4, 0.5) is 5.69 Å². The highest BCUT2D eigenvalue weighted by Crippen LogP contribution is 2.29. The molecule has 1 unspecified atom stereocenters. The van der Waals surface area contributed by atoms with Gasteiger partial charge >= 0.3 is 0 Å². The third kappa shape index (κ3) is 5.96. The van der Waals surface area contributed by atoms with Gasteiger partial charge < -0.3 is 19.9 Å². The first-order valence-corrected chi connectivity index (χ1v) is 10.0. The Bertz CT molecular complexity index is 1090. The number of nitro groups is 1. The summed E-state index contributed by atoms with van der Waals surface area (Å²) in [6.07, 6.45) is -1.01. The Morgan fingerprint density at radius 2 is 1.78 bits per heavy atom. The lowest BCUT2D eigenvalue weighted by Crippen LogP contribution is -2.28. The van der Waals surface area contributed by atoms with Gasteiger partial charge in [0.05, 0.1) is 18.1 Å². The molecule has 3 aromatic carbocycles. The average Bonchev–Trinajstić information content (AvgIpc) is 2.81. The number of amides is 1. The first-order valence-electron chi connectivity index (χ1n) is 9.63. The van der Waals surface area contributed by atoms with Crippen molar-refractivity contribution in [3.8, 4) is 11.5 Å². The number of aliphatic hydroxyl groups is 1. The highest BCUT2D eigenvalue weighted by atomic mass is 35.5. The molecule has 3 rings (SSSR count). The van der Waals surface area contributed by atoms with Crippen LogP contribution in [0, 0.1) is 10.1 Å². The molecule has 0 aliphatic carbocycles. The fourth-order valence-electron chi connectivity index (χ4n) is 2.90. The van der Waals surface area contributed by atoms with E-state index in [1.807, 2.05) is 12.1 Å². The molecule has 0 saturated heterocycles. The molecule has 0 aliphatic rings. The molecule has 0 spiro atoms. The van der Waals surface area contributed by atoms with Crippen molar-refractivity contribution in [2.75, 3.05) is 13.7 Å². The van der Waals surface area contributed by atoms with Gasteiger partial charge in [-0.15, -0.1) is 0 Å². The number of hydrogen-bond acceptors (Lipinski definition) is 6. The molecule has 8 nitrogen and oxygen atoms in total. The lowest BCUT2D eigenvalue weighted by atomic mass is 10.1. The van der Waals surface area contributed by atoms with Crippen LogP contribution in [-0.2, 0) is 6.61 Å². The van der Waals surface area contributed by atoms with E-state index in [-0.39, 0.29) is 12.2 Å². The van der Waals surface area contributed by atoms with Crippen molar-refractivity contribution in [1.29, 1.82) is 0 Å². The van der Waals surface area contributed by atoms with Gasteiger partial charge in [-0.3, -0.25) is 14.9 Å². The number of methoxy groups -OCH3 is 1. The molecule has 9 heteroatoms. The van der Waals surface area contributed by atoms with E-state index < -0.39 is 16.9 Å². The van der Waals surface area contributed by atoms with Crippen LogP contribution in [0.2, 0.25) is 5.02 Å². The van der Waals surface area contributed by atoms with Crippen LogP contribution in [-0.4, -0.2) is 29.6 Å². The Labute approximate surface area is 189 Å². The predicted octanol–water partition coefficient (Wildman–Crippen LogP) is 4.30. The molecule has 1 amide bonds. The Kier molecular flexibility index (Phi) is 7.64. The molecule has 3 aromatic rings. The van der Waals surface area contributed by atoms with Crippen LogP contribution in [0.15, 0.2) is 66.7 Å². The lowest BCUT2D eigenvalue weighted by Gasteiger charge is -2.14. The highest BCUT2D eigenvalue weighted by Gasteiger charge is 2.15. The highest BCUT2D eigenvalue weighted by molar-refractivity contribution is 6.30. The minimum atomic E-state index is -1.01. The number of nitro benzene ring substituents is 1. The molecule has 0 aliphatic heterocycles. The summed E-state index contributed by atoms with van der Waals surface area (Å²) in [7, 11) is 1.48. The minimum Gasteiger partial charge on any atom is -0.493 e. The number of halogens is 1. The Morgan fingerprint density at radius 1 is 1.09 bits per heavy atom. The third-order valence-corrected chi connectivity index (χ3v) is 4.93. The van der Waals surface area contributed by atoms with Gasteiger partial charge in [-0.25, -0.2) is 0 Å². The molecule has 0 aromatic heterocycles. The molecule has 1 atom stereocenters. The number of hydrogen-bond donors (Lipinski definition) is 2. The van der Waals surface area contributed by atoms with Gasteiger partial charge in [-0.2, -0.15) is 0 Å². The van der Waals surface area contributed by atoms with Gasteiger partial charge in [0.25, 0.3) is 11.6 Å². The van der Waals surface area contributed by atoms with Crippen LogP contribution in [0.3, 0.4) is 0 Å². The molecule has 32 heavy (non-hydrogen) atoms. The Morgan fingerprint density at radius 3 is 2.41 bits per heavy atom. The summed E-state index contributed by atoms with van der Waals surface area (Å²) in [4.78, 5) is 22.7. The fourth-order valence-corrected chi connectivity index (χ4v) is 3.02. The summed E-state index contributed by atoms with van der Waals surface area (Å²) in [6.45, 7) is 0.244. The number of carbonyl (C=O) groups excluding carboxylic acids is 1. The third-order valence-electron chi connectivity index (χ3n) is 4.68. The smallest absolute Gasteiger partial charge is 0.269 e. The summed E-state index contributed by atoms with van der Waals surface area (Å²) in [5.74, 6) is 0.459. The molecule has 2 N–H and O–H groups in total. The van der Waals surface area contributed by atoms with Gasteiger partial charge in [0.15, 0.2) is 11.5 Å². The maximum atomic E-state index is 12.5. The van der Waals surface area contributed by atoms with E-state index in [1.54, 1.807) is 30.3 Å². The van der Waals surface area contributed by atoms with Crippen molar-refractivity contribution >= 4 is 23.2 Å². The Balaban J connectivity index is 1.59. The molecule has 0 bridgehead atoms. The van der Waals surface area contributed by atoms with Gasteiger partial charge in [-0.1, -0.05) is 23.7 Å². The zero-order chi connectivity index (χ0) is 23.1. The number of ether oxygens (including phenoxy) is 2. The number of aliphatic hydroxyl groups excluding tert-OH is 1. The van der Waals surface area contributed by atoms with E-state index in [1.165, 1.54) is 31.4 Å². The molecular weight excluding hydrogens is 436 g/mol. The van der Waals surface area contributed by atoms with Gasteiger partial charge in [0.2, 0.25) is 0 Å². The van der Waals surface area contributed by atoms with Crippen molar-refractivity contribution < 1.29 is 24.3 Å². The zero-order valence-electron chi connectivity index (χ0n) is 17.2. The van der Waals surface area contributed by atoms with E-state index >= 15 is 0 Å². The summed E-state index contributed by atoms with van der Waals surface area (Å²) in [5, 5.41) is 24.2. The summed E-state index contributed by atoms with van der Waals surface area (Å²) < 4.78 is 11.1. The molecule has 0 heterocycles. The maximum absolute atomic E-state index is 12.5. The van der Waals surface area contributed by atoms with E-state index in [9.17, 15) is 20.0 Å². The molecular formula is C23H21ClN2O6. The number of nitrogens with one attached hydrogen (secondary N) is 1. The summed E-state index contributed by atoms with van der Waals surface area (Å²) in [6, 6.07) is 17.5. The van der Waals surface area contributed by atoms with Gasteiger partial charge in [0.1, 0.15) is 6.61 Å².